The Kier molecular flexibility index (Phi) is 8.41. The number of amides is 3. The number of amidine groups is 2. The Morgan fingerprint density at radius 3 is 1.84 bits per heavy atom. The maximum absolute atomic E-state index is 12.8. The highest BCUT2D eigenvalue weighted by Gasteiger charge is 2.33. The average molecular weight is 617 g/mol. The summed E-state index contributed by atoms with van der Waals surface area (Å²) in [6.07, 6.45) is 2.07. The van der Waals surface area contributed by atoms with E-state index in [1.807, 2.05) is 0 Å². The minimum atomic E-state index is -1.40. The lowest BCUT2D eigenvalue weighted by molar-refractivity contribution is -0.140. The third-order valence-corrected chi connectivity index (χ3v) is 6.65. The van der Waals surface area contributed by atoms with Gasteiger partial charge < -0.3 is 20.4 Å². The Bertz CT molecular complexity index is 1630. The van der Waals surface area contributed by atoms with Gasteiger partial charge in [0.2, 0.25) is 11.9 Å². The number of carbonyl (C=O) groups is 5. The van der Waals surface area contributed by atoms with Gasteiger partial charge in [0.25, 0.3) is 17.7 Å². The molecule has 7 N–H and O–H groups in total. The molecule has 45 heavy (non-hydrogen) atoms. The molecule has 4 aliphatic rings. The normalized spacial score (nSPS) is 20.7. The van der Waals surface area contributed by atoms with Crippen molar-refractivity contribution in [3.8, 4) is 0 Å². The lowest BCUT2D eigenvalue weighted by atomic mass is 10.1. The molecule has 4 aliphatic heterocycles. The van der Waals surface area contributed by atoms with Crippen LogP contribution in [-0.4, -0.2) is 119 Å². The number of fused-ring (bicyclic) bond motifs is 2. The van der Waals surface area contributed by atoms with Crippen molar-refractivity contribution in [1.29, 1.82) is 10.8 Å². The Morgan fingerprint density at radius 2 is 1.38 bits per heavy atom. The van der Waals surface area contributed by atoms with E-state index >= 15 is 0 Å². The SMILES string of the molecule is N=C1N=C2N=CC(CN(CC3=NC4C(=O)NC(=N)N=C4N=C3)c3ccc(C(=O)N[C@@H](CCC(=O)O)C(=O)O)cc3)=NC2C(=O)N1. The van der Waals surface area contributed by atoms with Crippen LogP contribution < -0.4 is 20.9 Å². The third kappa shape index (κ3) is 7.04. The summed E-state index contributed by atoms with van der Waals surface area (Å²) >= 11 is 0. The van der Waals surface area contributed by atoms with E-state index in [0.29, 0.717) is 17.1 Å². The van der Waals surface area contributed by atoms with Gasteiger partial charge in [-0.2, -0.15) is 9.98 Å². The average Bonchev–Trinajstić information content (AvgIpc) is 2.99. The van der Waals surface area contributed by atoms with E-state index in [-0.39, 0.29) is 48.7 Å². The number of guanidine groups is 2. The van der Waals surface area contributed by atoms with E-state index in [0.717, 1.165) is 0 Å². The zero-order valence-corrected chi connectivity index (χ0v) is 23.1. The molecule has 0 aliphatic carbocycles. The van der Waals surface area contributed by atoms with Crippen LogP contribution in [0.3, 0.4) is 0 Å². The number of rotatable bonds is 11. The molecule has 4 heterocycles. The summed E-state index contributed by atoms with van der Waals surface area (Å²) < 4.78 is 0. The van der Waals surface area contributed by atoms with Gasteiger partial charge in [0.1, 0.15) is 6.04 Å². The fraction of sp³-hybridized carbons (Fsp3) is 0.269. The van der Waals surface area contributed by atoms with Gasteiger partial charge in [0.15, 0.2) is 23.8 Å². The number of nitrogens with zero attached hydrogens (tertiary/aromatic N) is 7. The Hall–Kier alpha value is -6.27. The van der Waals surface area contributed by atoms with Gasteiger partial charge >= 0.3 is 11.9 Å². The molecule has 0 spiro atoms. The topological polar surface area (TPSA) is 287 Å². The van der Waals surface area contributed by atoms with Gasteiger partial charge in [-0.3, -0.25) is 50.6 Å². The zero-order valence-electron chi connectivity index (χ0n) is 23.1. The molecule has 1 aromatic carbocycles. The van der Waals surface area contributed by atoms with Crippen molar-refractivity contribution >= 4 is 82.8 Å². The maximum Gasteiger partial charge on any atom is 0.326 e. The number of anilines is 1. The minimum absolute atomic E-state index is 0.0646. The molecule has 0 aromatic heterocycles. The second-order valence-electron chi connectivity index (χ2n) is 9.88. The molecule has 1 aromatic rings. The van der Waals surface area contributed by atoms with Crippen LogP contribution in [0, 0.1) is 10.8 Å². The summed E-state index contributed by atoms with van der Waals surface area (Å²) in [5.74, 6) is -4.95. The van der Waals surface area contributed by atoms with Gasteiger partial charge in [0.05, 0.1) is 36.9 Å². The molecule has 19 nitrogen and oxygen atoms in total. The van der Waals surface area contributed by atoms with E-state index in [4.69, 9.17) is 15.9 Å². The number of benzene rings is 1. The van der Waals surface area contributed by atoms with Crippen LogP contribution in [0.4, 0.5) is 5.69 Å². The van der Waals surface area contributed by atoms with Crippen LogP contribution in [0.15, 0.2) is 54.2 Å². The highest BCUT2D eigenvalue weighted by Crippen LogP contribution is 2.18. The maximum atomic E-state index is 12.8. The smallest absolute Gasteiger partial charge is 0.326 e. The monoisotopic (exact) mass is 616 g/mol. The molecular weight excluding hydrogens is 592 g/mol. The minimum Gasteiger partial charge on any atom is -0.481 e. The van der Waals surface area contributed by atoms with Gasteiger partial charge in [-0.25, -0.2) is 14.8 Å². The first kappa shape index (κ1) is 30.2. The second kappa shape index (κ2) is 12.5. The lowest BCUT2D eigenvalue weighted by Gasteiger charge is -2.28. The van der Waals surface area contributed by atoms with Crippen molar-refractivity contribution in [2.45, 2.75) is 31.0 Å². The molecule has 19 heteroatoms. The van der Waals surface area contributed by atoms with Crippen LogP contribution in [0.5, 0.6) is 0 Å². The van der Waals surface area contributed by atoms with Crippen LogP contribution in [-0.2, 0) is 19.2 Å². The molecule has 0 radical (unpaired) electrons. The largest absolute Gasteiger partial charge is 0.481 e. The molecule has 3 amide bonds. The van der Waals surface area contributed by atoms with E-state index in [1.54, 1.807) is 17.0 Å². The van der Waals surface area contributed by atoms with Crippen molar-refractivity contribution in [2.24, 2.45) is 30.0 Å². The molecule has 0 bridgehead atoms. The summed E-state index contributed by atoms with van der Waals surface area (Å²) in [6.45, 7) is 0.129. The lowest BCUT2D eigenvalue weighted by Crippen LogP contribution is -2.49. The molecule has 3 atom stereocenters. The van der Waals surface area contributed by atoms with Crippen LogP contribution in [0.25, 0.3) is 0 Å². The predicted molar refractivity (Wildman–Crippen MR) is 160 cm³/mol. The number of aliphatic imine (C=N–C) groups is 6. The number of nitrogens with one attached hydrogen (secondary N) is 5. The van der Waals surface area contributed by atoms with E-state index in [1.165, 1.54) is 24.6 Å². The van der Waals surface area contributed by atoms with E-state index in [2.05, 4.69) is 45.9 Å². The van der Waals surface area contributed by atoms with Crippen molar-refractivity contribution in [3.05, 3.63) is 29.8 Å². The second-order valence-corrected chi connectivity index (χ2v) is 9.88. The number of hydrogen-bond acceptors (Lipinski definition) is 12. The van der Waals surface area contributed by atoms with Crippen molar-refractivity contribution in [2.75, 3.05) is 18.0 Å². The number of carbonyl (C=O) groups excluding carboxylic acids is 3. The van der Waals surface area contributed by atoms with Crippen LogP contribution in [0.1, 0.15) is 23.2 Å². The molecule has 0 saturated carbocycles. The van der Waals surface area contributed by atoms with Crippen molar-refractivity contribution in [1.82, 2.24) is 16.0 Å². The fourth-order valence-electron chi connectivity index (χ4n) is 4.51. The van der Waals surface area contributed by atoms with E-state index in [9.17, 15) is 29.1 Å². The summed E-state index contributed by atoms with van der Waals surface area (Å²) in [5.41, 5.74) is 1.37. The quantitative estimate of drug-likeness (QED) is 0.149. The molecule has 2 unspecified atom stereocenters. The molecular formula is C26H24N12O7. The van der Waals surface area contributed by atoms with Gasteiger partial charge in [0, 0.05) is 17.7 Å². The fourth-order valence-corrected chi connectivity index (χ4v) is 4.51. The van der Waals surface area contributed by atoms with Gasteiger partial charge in [-0.05, 0) is 30.7 Å². The third-order valence-electron chi connectivity index (χ3n) is 6.65. The first-order valence-corrected chi connectivity index (χ1v) is 13.2. The van der Waals surface area contributed by atoms with Gasteiger partial charge in [-0.15, -0.1) is 0 Å². The summed E-state index contributed by atoms with van der Waals surface area (Å²) in [4.78, 5) is 86.7. The van der Waals surface area contributed by atoms with Crippen LogP contribution >= 0.6 is 0 Å². The molecule has 0 fully saturated rings. The number of carboxylic acid groups (broad SMARTS) is 2. The molecule has 230 valence electrons. The number of aliphatic carboxylic acids is 2. The van der Waals surface area contributed by atoms with Crippen LogP contribution in [0.2, 0.25) is 0 Å². The van der Waals surface area contributed by atoms with Crippen molar-refractivity contribution < 1.29 is 34.2 Å². The highest BCUT2D eigenvalue weighted by atomic mass is 16.4. The Morgan fingerprint density at radius 1 is 0.867 bits per heavy atom. The molecule has 0 saturated heterocycles. The van der Waals surface area contributed by atoms with Gasteiger partial charge in [-0.1, -0.05) is 0 Å². The summed E-state index contributed by atoms with van der Waals surface area (Å²) in [7, 11) is 0. The first-order chi connectivity index (χ1) is 21.5. The Labute approximate surface area is 252 Å². The molecule has 5 rings (SSSR count). The predicted octanol–water partition coefficient (Wildman–Crippen LogP) is -1.75. The zero-order chi connectivity index (χ0) is 32.2. The number of carboxylic acids is 2. The summed E-state index contributed by atoms with van der Waals surface area (Å²) in [6, 6.07) is 2.53. The Balaban J connectivity index is 1.39. The van der Waals surface area contributed by atoms with E-state index < -0.39 is 54.2 Å². The van der Waals surface area contributed by atoms with Crippen molar-refractivity contribution in [3.63, 3.8) is 0 Å². The summed E-state index contributed by atoms with van der Waals surface area (Å²) in [5, 5.41) is 40.3. The first-order valence-electron chi connectivity index (χ1n) is 13.2. The number of hydrogen-bond donors (Lipinski definition) is 7. The standard InChI is InChI=1S/C26H24N12O7/c27-25-34-19-17(22(42)36-25)31-12(7-29-19)9-38(10-13-8-30-20-18(32-13)23(43)37-26(28)35-20)14-3-1-11(2-4-14)21(41)33-15(24(44)45)5-6-16(39)40/h1-4,7-8,15,17-18H,5-6,9-10H2,(H,33,41)(H,39,40)(H,44,45)(H2,27,36,42)(H2,28,37,43)/t15-,17?,18?/m0/s1. The highest BCUT2D eigenvalue weighted by molar-refractivity contribution is 6.40.